The summed E-state index contributed by atoms with van der Waals surface area (Å²) in [5.41, 5.74) is 1.72. The molecular formula is C19H19N3O3S2. The number of ether oxygens (including phenoxy) is 1. The van der Waals surface area contributed by atoms with E-state index < -0.39 is 0 Å². The first-order valence-electron chi connectivity index (χ1n) is 8.33. The molecular weight excluding hydrogens is 382 g/mol. The zero-order chi connectivity index (χ0) is 19.1. The van der Waals surface area contributed by atoms with Crippen molar-refractivity contribution < 1.29 is 14.3 Å². The van der Waals surface area contributed by atoms with Gasteiger partial charge < -0.3 is 10.1 Å². The summed E-state index contributed by atoms with van der Waals surface area (Å²) in [7, 11) is 1.61. The number of hydrogen-bond donors (Lipinski definition) is 2. The Hall–Kier alpha value is -2.71. The van der Waals surface area contributed by atoms with Crippen LogP contribution in [-0.4, -0.2) is 23.9 Å². The molecule has 27 heavy (non-hydrogen) atoms. The summed E-state index contributed by atoms with van der Waals surface area (Å²) < 4.78 is 5.27. The second-order valence-corrected chi connectivity index (χ2v) is 7.47. The zero-order valence-corrected chi connectivity index (χ0v) is 16.4. The standard InChI is InChI=1S/C19H19N3O3S2/c1-25-15-6-3-2-5-13(15)11-20-17(23)9-8-14-12-27-19(21-14)22-18(24)16-7-4-10-26-16/h2-7,10,12H,8-9,11H2,1H3,(H,20,23)(H,21,22,24). The second-order valence-electron chi connectivity index (χ2n) is 5.66. The number of thiophene rings is 1. The fourth-order valence-electron chi connectivity index (χ4n) is 2.42. The van der Waals surface area contributed by atoms with Crippen LogP contribution < -0.4 is 15.4 Å². The minimum atomic E-state index is -0.166. The number of para-hydroxylation sites is 1. The third-order valence-corrected chi connectivity index (χ3v) is 5.47. The van der Waals surface area contributed by atoms with Gasteiger partial charge >= 0.3 is 0 Å². The predicted molar refractivity (Wildman–Crippen MR) is 108 cm³/mol. The van der Waals surface area contributed by atoms with E-state index in [9.17, 15) is 9.59 Å². The van der Waals surface area contributed by atoms with Gasteiger partial charge in [-0.05, 0) is 23.9 Å². The number of benzene rings is 1. The molecule has 2 amide bonds. The number of thiazole rings is 1. The Bertz CT molecular complexity index is 907. The Balaban J connectivity index is 1.45. The van der Waals surface area contributed by atoms with Gasteiger partial charge in [0, 0.05) is 23.9 Å². The summed E-state index contributed by atoms with van der Waals surface area (Å²) in [6, 6.07) is 11.2. The van der Waals surface area contributed by atoms with Crippen LogP contribution in [0.25, 0.3) is 0 Å². The van der Waals surface area contributed by atoms with Crippen molar-refractivity contribution in [2.45, 2.75) is 19.4 Å². The molecule has 0 radical (unpaired) electrons. The number of carbonyl (C=O) groups is 2. The van der Waals surface area contributed by atoms with E-state index in [0.717, 1.165) is 17.0 Å². The Morgan fingerprint density at radius 1 is 1.15 bits per heavy atom. The first-order valence-corrected chi connectivity index (χ1v) is 10.1. The predicted octanol–water partition coefficient (Wildman–Crippen LogP) is 3.71. The number of hydrogen-bond acceptors (Lipinski definition) is 6. The van der Waals surface area contributed by atoms with E-state index in [4.69, 9.17) is 4.74 Å². The molecule has 0 saturated heterocycles. The molecule has 0 fully saturated rings. The normalized spacial score (nSPS) is 10.4. The second kappa shape index (κ2) is 9.29. The number of carbonyl (C=O) groups excluding carboxylic acids is 2. The van der Waals surface area contributed by atoms with E-state index in [1.165, 1.54) is 22.7 Å². The largest absolute Gasteiger partial charge is 0.496 e. The molecule has 3 aromatic rings. The molecule has 2 heterocycles. The molecule has 2 aromatic heterocycles. The van der Waals surface area contributed by atoms with Crippen LogP contribution in [0.2, 0.25) is 0 Å². The molecule has 0 aliphatic heterocycles. The molecule has 2 N–H and O–H groups in total. The van der Waals surface area contributed by atoms with Crippen LogP contribution in [0.1, 0.15) is 27.3 Å². The van der Waals surface area contributed by atoms with Crippen LogP contribution >= 0.6 is 22.7 Å². The highest BCUT2D eigenvalue weighted by molar-refractivity contribution is 7.14. The smallest absolute Gasteiger partial charge is 0.267 e. The van der Waals surface area contributed by atoms with Crippen molar-refractivity contribution in [2.24, 2.45) is 0 Å². The molecule has 6 nitrogen and oxygen atoms in total. The quantitative estimate of drug-likeness (QED) is 0.603. The molecule has 0 saturated carbocycles. The molecule has 8 heteroatoms. The van der Waals surface area contributed by atoms with Gasteiger partial charge in [0.15, 0.2) is 5.13 Å². The molecule has 0 unspecified atom stereocenters. The van der Waals surface area contributed by atoms with Crippen LogP contribution in [0.3, 0.4) is 0 Å². The lowest BCUT2D eigenvalue weighted by molar-refractivity contribution is -0.121. The van der Waals surface area contributed by atoms with Crippen molar-refractivity contribution in [1.82, 2.24) is 10.3 Å². The van der Waals surface area contributed by atoms with Gasteiger partial charge in [0.1, 0.15) is 5.75 Å². The Morgan fingerprint density at radius 3 is 2.78 bits per heavy atom. The first-order chi connectivity index (χ1) is 13.2. The Kier molecular flexibility index (Phi) is 6.56. The van der Waals surface area contributed by atoms with Gasteiger partial charge in [-0.1, -0.05) is 24.3 Å². The molecule has 0 bridgehead atoms. The van der Waals surface area contributed by atoms with Crippen LogP contribution in [0.5, 0.6) is 5.75 Å². The lowest BCUT2D eigenvalue weighted by Gasteiger charge is -2.09. The summed E-state index contributed by atoms with van der Waals surface area (Å²) in [6.07, 6.45) is 0.848. The molecule has 0 atom stereocenters. The zero-order valence-electron chi connectivity index (χ0n) is 14.7. The number of aryl methyl sites for hydroxylation is 1. The van der Waals surface area contributed by atoms with E-state index in [2.05, 4.69) is 15.6 Å². The molecule has 3 rings (SSSR count). The first kappa shape index (κ1) is 19.1. The van der Waals surface area contributed by atoms with Gasteiger partial charge in [-0.2, -0.15) is 0 Å². The highest BCUT2D eigenvalue weighted by Crippen LogP contribution is 2.19. The number of rotatable bonds is 8. The molecule has 1 aromatic carbocycles. The molecule has 0 aliphatic carbocycles. The lowest BCUT2D eigenvalue weighted by atomic mass is 10.2. The van der Waals surface area contributed by atoms with Crippen molar-refractivity contribution in [2.75, 3.05) is 12.4 Å². The van der Waals surface area contributed by atoms with Crippen molar-refractivity contribution >= 4 is 39.6 Å². The summed E-state index contributed by atoms with van der Waals surface area (Å²) in [5.74, 6) is 0.530. The number of anilines is 1. The van der Waals surface area contributed by atoms with Gasteiger partial charge in [0.05, 0.1) is 17.7 Å². The van der Waals surface area contributed by atoms with Crippen LogP contribution in [-0.2, 0) is 17.8 Å². The SMILES string of the molecule is COc1ccccc1CNC(=O)CCc1csc(NC(=O)c2cccs2)n1. The van der Waals surface area contributed by atoms with Crippen molar-refractivity contribution in [3.8, 4) is 5.75 Å². The fourth-order valence-corrected chi connectivity index (χ4v) is 3.78. The van der Waals surface area contributed by atoms with Gasteiger partial charge in [-0.3, -0.25) is 14.9 Å². The number of nitrogens with zero attached hydrogens (tertiary/aromatic N) is 1. The average Bonchev–Trinajstić information content (AvgIpc) is 3.37. The highest BCUT2D eigenvalue weighted by atomic mass is 32.1. The van der Waals surface area contributed by atoms with Crippen LogP contribution in [0.4, 0.5) is 5.13 Å². The Morgan fingerprint density at radius 2 is 2.00 bits per heavy atom. The monoisotopic (exact) mass is 401 g/mol. The van der Waals surface area contributed by atoms with E-state index in [-0.39, 0.29) is 11.8 Å². The average molecular weight is 402 g/mol. The highest BCUT2D eigenvalue weighted by Gasteiger charge is 2.11. The van der Waals surface area contributed by atoms with Gasteiger partial charge in [0.2, 0.25) is 5.91 Å². The Labute approximate surface area is 165 Å². The maximum atomic E-state index is 12.1. The van der Waals surface area contributed by atoms with E-state index in [0.29, 0.717) is 29.4 Å². The van der Waals surface area contributed by atoms with E-state index in [1.54, 1.807) is 13.2 Å². The third kappa shape index (κ3) is 5.38. The van der Waals surface area contributed by atoms with E-state index >= 15 is 0 Å². The molecule has 0 aliphatic rings. The molecule has 0 spiro atoms. The summed E-state index contributed by atoms with van der Waals surface area (Å²) >= 11 is 2.74. The van der Waals surface area contributed by atoms with Gasteiger partial charge in [-0.25, -0.2) is 4.98 Å². The minimum Gasteiger partial charge on any atom is -0.496 e. The maximum absolute atomic E-state index is 12.1. The summed E-state index contributed by atoms with van der Waals surface area (Å²) in [5, 5.41) is 9.92. The summed E-state index contributed by atoms with van der Waals surface area (Å²) in [4.78, 5) is 29.1. The van der Waals surface area contributed by atoms with Crippen molar-refractivity contribution in [1.29, 1.82) is 0 Å². The van der Waals surface area contributed by atoms with Crippen molar-refractivity contribution in [3.05, 3.63) is 63.3 Å². The lowest BCUT2D eigenvalue weighted by Crippen LogP contribution is -2.23. The van der Waals surface area contributed by atoms with Gasteiger partial charge in [0.25, 0.3) is 5.91 Å². The van der Waals surface area contributed by atoms with E-state index in [1.807, 2.05) is 41.1 Å². The number of aromatic nitrogens is 1. The van der Waals surface area contributed by atoms with Gasteiger partial charge in [-0.15, -0.1) is 22.7 Å². The summed E-state index contributed by atoms with van der Waals surface area (Å²) in [6.45, 7) is 0.419. The van der Waals surface area contributed by atoms with Crippen LogP contribution in [0.15, 0.2) is 47.2 Å². The number of nitrogens with one attached hydrogen (secondary N) is 2. The van der Waals surface area contributed by atoms with Crippen molar-refractivity contribution in [3.63, 3.8) is 0 Å². The number of amides is 2. The fraction of sp³-hybridized carbons (Fsp3) is 0.211. The third-order valence-electron chi connectivity index (χ3n) is 3.79. The maximum Gasteiger partial charge on any atom is 0.267 e. The topological polar surface area (TPSA) is 80.3 Å². The minimum absolute atomic E-state index is 0.0573. The number of methoxy groups -OCH3 is 1. The molecule has 140 valence electrons. The van der Waals surface area contributed by atoms with Crippen LogP contribution in [0, 0.1) is 0 Å².